The van der Waals surface area contributed by atoms with Gasteiger partial charge in [-0.25, -0.2) is 0 Å². The van der Waals surface area contributed by atoms with Crippen molar-refractivity contribution in [1.82, 2.24) is 4.73 Å². The fourth-order valence-electron chi connectivity index (χ4n) is 0.399. The fraction of sp³-hybridized carbons (Fsp3) is 0. The summed E-state index contributed by atoms with van der Waals surface area (Å²) >= 11 is 0. The van der Waals surface area contributed by atoms with Crippen LogP contribution in [0.25, 0.3) is 0 Å². The Morgan fingerprint density at radius 3 is 2.11 bits per heavy atom. The van der Waals surface area contributed by atoms with Crippen molar-refractivity contribution in [1.29, 1.82) is 0 Å². The Morgan fingerprint density at radius 2 is 1.78 bits per heavy atom. The van der Waals surface area contributed by atoms with Crippen molar-refractivity contribution in [3.63, 3.8) is 0 Å². The first-order chi connectivity index (χ1) is 3.79. The normalized spacial score (nSPS) is 8.00. The Bertz CT molecular complexity index is 212. The van der Waals surface area contributed by atoms with Gasteiger partial charge in [0, 0.05) is 24.5 Å². The van der Waals surface area contributed by atoms with E-state index < -0.39 is 0 Å². The van der Waals surface area contributed by atoms with Crippen LogP contribution in [0.4, 0.5) is 0 Å². The van der Waals surface area contributed by atoms with Crippen LogP contribution in [0.1, 0.15) is 0 Å². The van der Waals surface area contributed by atoms with Gasteiger partial charge in [-0.15, -0.1) is 0 Å². The molecule has 0 atom stereocenters. The molecule has 1 aromatic rings. The maximum atomic E-state index is 10.3. The number of rotatable bonds is 0. The monoisotopic (exact) mass is 133 g/mol. The summed E-state index contributed by atoms with van der Waals surface area (Å²) in [7, 11) is 0. The third kappa shape index (κ3) is 2.70. The van der Waals surface area contributed by atoms with Crippen LogP contribution in [0.2, 0.25) is 0 Å². The smallest absolute Gasteiger partial charge is 0.806 e. The molecule has 0 unspecified atom stereocenters. The molecule has 0 aliphatic heterocycles. The maximum Gasteiger partial charge on any atom is 1.00 e. The van der Waals surface area contributed by atoms with E-state index in [1.54, 1.807) is 0 Å². The fourth-order valence-corrected chi connectivity index (χ4v) is 0.399. The second-order valence-electron chi connectivity index (χ2n) is 1.39. The molecule has 1 aromatic heterocycles. The van der Waals surface area contributed by atoms with Crippen molar-refractivity contribution < 1.29 is 29.6 Å². The first-order valence-corrected chi connectivity index (χ1v) is 2.15. The van der Waals surface area contributed by atoms with Crippen molar-refractivity contribution >= 4 is 0 Å². The summed E-state index contributed by atoms with van der Waals surface area (Å²) in [6, 6.07) is 2.43. The number of aromatic nitrogens is 1. The van der Waals surface area contributed by atoms with E-state index in [0.29, 0.717) is 4.73 Å². The van der Waals surface area contributed by atoms with Gasteiger partial charge in [0.15, 0.2) is 5.43 Å². The van der Waals surface area contributed by atoms with Gasteiger partial charge in [0.2, 0.25) is 0 Å². The van der Waals surface area contributed by atoms with Crippen molar-refractivity contribution in [2.75, 3.05) is 0 Å². The zero-order valence-corrected chi connectivity index (χ0v) is 7.07. The van der Waals surface area contributed by atoms with Crippen LogP contribution >= 0.6 is 0 Å². The molecule has 0 spiro atoms. The quantitative estimate of drug-likeness (QED) is 0.359. The van der Waals surface area contributed by atoms with Crippen molar-refractivity contribution in [2.24, 2.45) is 0 Å². The van der Waals surface area contributed by atoms with Crippen molar-refractivity contribution in [3.05, 3.63) is 40.0 Å². The van der Waals surface area contributed by atoms with Gasteiger partial charge in [-0.2, -0.15) is 0 Å². The van der Waals surface area contributed by atoms with Crippen LogP contribution in [-0.2, 0) is 0 Å². The molecule has 0 saturated heterocycles. The molecule has 3 nitrogen and oxygen atoms in total. The molecule has 0 aliphatic carbocycles. The van der Waals surface area contributed by atoms with Crippen LogP contribution in [0.5, 0.6) is 0 Å². The molecule has 0 aromatic carbocycles. The molecule has 1 heterocycles. The Balaban J connectivity index is 0.000000640. The summed E-state index contributed by atoms with van der Waals surface area (Å²) in [5, 5.41) is 10.2. The van der Waals surface area contributed by atoms with Crippen LogP contribution in [0.15, 0.2) is 29.3 Å². The summed E-state index contributed by atoms with van der Waals surface area (Å²) in [5.41, 5.74) is -0.142. The predicted octanol–water partition coefficient (Wildman–Crippen LogP) is -2.80. The van der Waals surface area contributed by atoms with E-state index in [1.165, 1.54) is 24.5 Å². The molecule has 0 radical (unpaired) electrons. The van der Waals surface area contributed by atoms with Gasteiger partial charge < -0.3 is 9.94 Å². The van der Waals surface area contributed by atoms with Gasteiger partial charge in [0.1, 0.15) is 0 Å². The van der Waals surface area contributed by atoms with Crippen LogP contribution in [-0.4, -0.2) is 4.73 Å². The summed E-state index contributed by atoms with van der Waals surface area (Å²) in [6.45, 7) is 0. The topological polar surface area (TPSA) is 45.1 Å². The second-order valence-corrected chi connectivity index (χ2v) is 1.39. The SMILES string of the molecule is O=c1ccn([O-])cc1.[Na+]. The summed E-state index contributed by atoms with van der Waals surface area (Å²) in [6.07, 6.45) is 2.34. The van der Waals surface area contributed by atoms with E-state index in [0.717, 1.165) is 0 Å². The van der Waals surface area contributed by atoms with E-state index in [-0.39, 0.29) is 35.0 Å². The Labute approximate surface area is 74.2 Å². The van der Waals surface area contributed by atoms with Gasteiger partial charge in [0.25, 0.3) is 0 Å². The molecule has 0 N–H and O–H groups in total. The van der Waals surface area contributed by atoms with E-state index in [1.807, 2.05) is 0 Å². The molecule has 1 rings (SSSR count). The molecular weight excluding hydrogens is 129 g/mol. The van der Waals surface area contributed by atoms with Crippen LogP contribution in [0, 0.1) is 5.21 Å². The average Bonchev–Trinajstić information content (AvgIpc) is 1.77. The Hall–Kier alpha value is -0.250. The van der Waals surface area contributed by atoms with E-state index in [9.17, 15) is 10.0 Å². The molecule has 0 amide bonds. The molecular formula is C5H4NNaO2. The molecule has 0 aliphatic rings. The molecule has 9 heavy (non-hydrogen) atoms. The largest absolute Gasteiger partial charge is 1.00 e. The zero-order valence-electron chi connectivity index (χ0n) is 5.07. The second kappa shape index (κ2) is 3.71. The van der Waals surface area contributed by atoms with Crippen molar-refractivity contribution in [2.45, 2.75) is 0 Å². The Morgan fingerprint density at radius 1 is 1.33 bits per heavy atom. The first kappa shape index (κ1) is 8.75. The van der Waals surface area contributed by atoms with E-state index in [2.05, 4.69) is 0 Å². The molecule has 4 heteroatoms. The molecule has 0 fully saturated rings. The van der Waals surface area contributed by atoms with Gasteiger partial charge in [-0.05, 0) is 0 Å². The standard InChI is InChI=1S/C5H4NO2.Na/c7-5-1-3-6(8)4-2-5;/h1-4H;/q-1;+1. The summed E-state index contributed by atoms with van der Waals surface area (Å²) < 4.78 is 0.571. The predicted molar refractivity (Wildman–Crippen MR) is 29.5 cm³/mol. The number of hydrogen-bond donors (Lipinski definition) is 0. The third-order valence-corrected chi connectivity index (χ3v) is 0.771. The number of hydrogen-bond acceptors (Lipinski definition) is 2. The van der Waals surface area contributed by atoms with Crippen LogP contribution < -0.4 is 35.0 Å². The third-order valence-electron chi connectivity index (χ3n) is 0.771. The molecule has 0 saturated carbocycles. The molecule has 0 bridgehead atoms. The van der Waals surface area contributed by atoms with Gasteiger partial charge in [-0.1, -0.05) is 0 Å². The minimum atomic E-state index is -0.142. The number of pyridine rings is 1. The average molecular weight is 133 g/mol. The molecule has 42 valence electrons. The summed E-state index contributed by atoms with van der Waals surface area (Å²) in [4.78, 5) is 10.3. The van der Waals surface area contributed by atoms with Gasteiger partial charge in [-0.3, -0.25) is 4.79 Å². The first-order valence-electron chi connectivity index (χ1n) is 2.15. The minimum absolute atomic E-state index is 0. The number of nitrogens with zero attached hydrogens (tertiary/aromatic N) is 1. The zero-order chi connectivity index (χ0) is 5.98. The van der Waals surface area contributed by atoms with Crippen molar-refractivity contribution in [3.8, 4) is 0 Å². The Kier molecular flexibility index (Phi) is 3.61. The minimum Gasteiger partial charge on any atom is -0.806 e. The van der Waals surface area contributed by atoms with Gasteiger partial charge >= 0.3 is 29.6 Å². The summed E-state index contributed by atoms with van der Waals surface area (Å²) in [5.74, 6) is 0. The van der Waals surface area contributed by atoms with E-state index in [4.69, 9.17) is 0 Å². The van der Waals surface area contributed by atoms with Crippen LogP contribution in [0.3, 0.4) is 0 Å². The van der Waals surface area contributed by atoms with Gasteiger partial charge in [0.05, 0.1) is 0 Å². The van der Waals surface area contributed by atoms with E-state index >= 15 is 0 Å². The maximum absolute atomic E-state index is 10.3.